The molecule has 146 valence electrons. The molecule has 2 atom stereocenters. The normalized spacial score (nSPS) is 22.8. The molecule has 0 radical (unpaired) electrons. The van der Waals surface area contributed by atoms with E-state index in [1.54, 1.807) is 0 Å². The van der Waals surface area contributed by atoms with Gasteiger partial charge in [-0.25, -0.2) is 0 Å². The summed E-state index contributed by atoms with van der Waals surface area (Å²) < 4.78 is 5.79. The van der Waals surface area contributed by atoms with Gasteiger partial charge in [-0.2, -0.15) is 0 Å². The summed E-state index contributed by atoms with van der Waals surface area (Å²) in [6.45, 7) is 7.63. The van der Waals surface area contributed by atoms with Crippen LogP contribution >= 0.6 is 12.4 Å². The van der Waals surface area contributed by atoms with E-state index < -0.39 is 0 Å². The van der Waals surface area contributed by atoms with Crippen LogP contribution in [0.1, 0.15) is 52.4 Å². The second-order valence-corrected chi connectivity index (χ2v) is 7.12. The molecule has 2 saturated heterocycles. The average molecular weight is 376 g/mol. The maximum Gasteiger partial charge on any atom is 0.227 e. The topological polar surface area (TPSA) is 75.9 Å². The molecule has 2 aliphatic rings. The Morgan fingerprint density at radius 1 is 1.36 bits per heavy atom. The Bertz CT molecular complexity index is 428. The lowest BCUT2D eigenvalue weighted by Gasteiger charge is -2.33. The van der Waals surface area contributed by atoms with E-state index in [1.807, 2.05) is 9.80 Å². The van der Waals surface area contributed by atoms with E-state index in [2.05, 4.69) is 13.8 Å². The van der Waals surface area contributed by atoms with E-state index in [0.717, 1.165) is 45.2 Å². The maximum atomic E-state index is 12.7. The standard InChI is InChI=1S/C18H33N3O3.ClH/c1-3-5-14(2)21-13-15(12-17(21)22)18(23)20-9-6-16(7-10-20)24-11-4-8-19;/h14-16H,3-13,19H2,1-2H3;1H. The van der Waals surface area contributed by atoms with Gasteiger partial charge in [-0.3, -0.25) is 9.59 Å². The Morgan fingerprint density at radius 3 is 2.64 bits per heavy atom. The quantitative estimate of drug-likeness (QED) is 0.656. The van der Waals surface area contributed by atoms with E-state index in [0.29, 0.717) is 26.1 Å². The van der Waals surface area contributed by atoms with Gasteiger partial charge in [0.2, 0.25) is 11.8 Å². The highest BCUT2D eigenvalue weighted by Crippen LogP contribution is 2.25. The summed E-state index contributed by atoms with van der Waals surface area (Å²) in [7, 11) is 0. The van der Waals surface area contributed by atoms with E-state index in [-0.39, 0.29) is 42.3 Å². The summed E-state index contributed by atoms with van der Waals surface area (Å²) in [4.78, 5) is 28.8. The van der Waals surface area contributed by atoms with Gasteiger partial charge in [0.05, 0.1) is 12.0 Å². The molecule has 0 aliphatic carbocycles. The van der Waals surface area contributed by atoms with E-state index in [4.69, 9.17) is 10.5 Å². The molecule has 7 heteroatoms. The zero-order valence-corrected chi connectivity index (χ0v) is 16.4. The number of hydrogen-bond acceptors (Lipinski definition) is 4. The third kappa shape index (κ3) is 6.12. The zero-order valence-electron chi connectivity index (χ0n) is 15.6. The monoisotopic (exact) mass is 375 g/mol. The lowest BCUT2D eigenvalue weighted by atomic mass is 10.0. The summed E-state index contributed by atoms with van der Waals surface area (Å²) in [6.07, 6.45) is 5.32. The molecule has 2 amide bonds. The van der Waals surface area contributed by atoms with Crippen LogP contribution in [0, 0.1) is 5.92 Å². The van der Waals surface area contributed by atoms with Crippen molar-refractivity contribution in [1.29, 1.82) is 0 Å². The molecule has 0 saturated carbocycles. The lowest BCUT2D eigenvalue weighted by Crippen LogP contribution is -2.44. The van der Waals surface area contributed by atoms with Crippen LogP contribution in [0.2, 0.25) is 0 Å². The van der Waals surface area contributed by atoms with Crippen LogP contribution in [0.5, 0.6) is 0 Å². The first-order valence-corrected chi connectivity index (χ1v) is 9.46. The minimum absolute atomic E-state index is 0. The van der Waals surface area contributed by atoms with Gasteiger partial charge in [0.25, 0.3) is 0 Å². The molecular weight excluding hydrogens is 342 g/mol. The number of ether oxygens (including phenoxy) is 1. The van der Waals surface area contributed by atoms with Crippen molar-refractivity contribution in [2.75, 3.05) is 32.8 Å². The molecular formula is C18H34ClN3O3. The summed E-state index contributed by atoms with van der Waals surface area (Å²) in [5.41, 5.74) is 5.47. The molecule has 2 aliphatic heterocycles. The van der Waals surface area contributed by atoms with Gasteiger partial charge in [0.1, 0.15) is 0 Å². The van der Waals surface area contributed by atoms with E-state index >= 15 is 0 Å². The lowest BCUT2D eigenvalue weighted by molar-refractivity contribution is -0.138. The highest BCUT2D eigenvalue weighted by molar-refractivity contribution is 5.89. The Kier molecular flexibility index (Phi) is 9.75. The molecule has 25 heavy (non-hydrogen) atoms. The molecule has 2 rings (SSSR count). The number of carbonyl (C=O) groups excluding carboxylic acids is 2. The number of nitrogens with zero attached hydrogens (tertiary/aromatic N) is 2. The van der Waals surface area contributed by atoms with Crippen molar-refractivity contribution in [1.82, 2.24) is 9.80 Å². The molecule has 2 fully saturated rings. The number of nitrogens with two attached hydrogens (primary N) is 1. The highest BCUT2D eigenvalue weighted by Gasteiger charge is 2.38. The fourth-order valence-corrected chi connectivity index (χ4v) is 3.73. The second-order valence-electron chi connectivity index (χ2n) is 7.12. The van der Waals surface area contributed by atoms with Crippen molar-refractivity contribution in [2.45, 2.75) is 64.5 Å². The molecule has 2 unspecified atom stereocenters. The van der Waals surface area contributed by atoms with Gasteiger partial charge in [0.15, 0.2) is 0 Å². The van der Waals surface area contributed by atoms with Gasteiger partial charge < -0.3 is 20.3 Å². The third-order valence-corrected chi connectivity index (χ3v) is 5.20. The van der Waals surface area contributed by atoms with Gasteiger partial charge in [-0.1, -0.05) is 13.3 Å². The van der Waals surface area contributed by atoms with Crippen molar-refractivity contribution in [3.8, 4) is 0 Å². The molecule has 0 spiro atoms. The summed E-state index contributed by atoms with van der Waals surface area (Å²) in [5.74, 6) is 0.121. The van der Waals surface area contributed by atoms with Gasteiger partial charge in [0, 0.05) is 38.7 Å². The number of carbonyl (C=O) groups is 2. The maximum absolute atomic E-state index is 12.7. The number of rotatable bonds is 8. The summed E-state index contributed by atoms with van der Waals surface area (Å²) >= 11 is 0. The van der Waals surface area contributed by atoms with E-state index in [9.17, 15) is 9.59 Å². The van der Waals surface area contributed by atoms with Gasteiger partial charge in [-0.05, 0) is 39.2 Å². The fraction of sp³-hybridized carbons (Fsp3) is 0.889. The molecule has 2 heterocycles. The van der Waals surface area contributed by atoms with Crippen molar-refractivity contribution < 1.29 is 14.3 Å². The number of hydrogen-bond donors (Lipinski definition) is 1. The molecule has 0 aromatic heterocycles. The average Bonchev–Trinajstić information content (AvgIpc) is 2.97. The molecule has 0 aromatic rings. The minimum Gasteiger partial charge on any atom is -0.378 e. The third-order valence-electron chi connectivity index (χ3n) is 5.20. The molecule has 2 N–H and O–H groups in total. The van der Waals surface area contributed by atoms with Crippen molar-refractivity contribution in [3.05, 3.63) is 0 Å². The van der Waals surface area contributed by atoms with Crippen molar-refractivity contribution >= 4 is 24.2 Å². The number of halogens is 1. The first-order valence-electron chi connectivity index (χ1n) is 9.46. The number of piperidine rings is 1. The van der Waals surface area contributed by atoms with Crippen LogP contribution in [0.4, 0.5) is 0 Å². The van der Waals surface area contributed by atoms with Gasteiger partial charge in [-0.15, -0.1) is 12.4 Å². The smallest absolute Gasteiger partial charge is 0.227 e. The number of amides is 2. The Balaban J connectivity index is 0.00000312. The SMILES string of the molecule is CCCC(C)N1CC(C(=O)N2CCC(OCCCN)CC2)CC1=O.Cl. The Hall–Kier alpha value is -0.850. The first kappa shape index (κ1) is 22.2. The zero-order chi connectivity index (χ0) is 17.5. The molecule has 0 bridgehead atoms. The van der Waals surface area contributed by atoms with E-state index in [1.165, 1.54) is 0 Å². The summed E-state index contributed by atoms with van der Waals surface area (Å²) in [6, 6.07) is 0.238. The van der Waals surface area contributed by atoms with Crippen LogP contribution in [-0.4, -0.2) is 66.5 Å². The Labute approximate surface area is 157 Å². The largest absolute Gasteiger partial charge is 0.378 e. The van der Waals surface area contributed by atoms with Crippen molar-refractivity contribution in [3.63, 3.8) is 0 Å². The van der Waals surface area contributed by atoms with Crippen molar-refractivity contribution in [2.24, 2.45) is 11.7 Å². The van der Waals surface area contributed by atoms with Crippen LogP contribution in [0.25, 0.3) is 0 Å². The van der Waals surface area contributed by atoms with Crippen LogP contribution in [0.3, 0.4) is 0 Å². The first-order chi connectivity index (χ1) is 11.6. The Morgan fingerprint density at radius 2 is 2.04 bits per heavy atom. The molecule has 6 nitrogen and oxygen atoms in total. The van der Waals surface area contributed by atoms with Crippen LogP contribution < -0.4 is 5.73 Å². The fourth-order valence-electron chi connectivity index (χ4n) is 3.73. The predicted molar refractivity (Wildman–Crippen MR) is 101 cm³/mol. The predicted octanol–water partition coefficient (Wildman–Crippen LogP) is 1.80. The van der Waals surface area contributed by atoms with Crippen LogP contribution in [0.15, 0.2) is 0 Å². The highest BCUT2D eigenvalue weighted by atomic mass is 35.5. The minimum atomic E-state index is -0.161. The van der Waals surface area contributed by atoms with Crippen LogP contribution in [-0.2, 0) is 14.3 Å². The molecule has 0 aromatic carbocycles. The number of likely N-dealkylation sites (tertiary alicyclic amines) is 2. The summed E-state index contributed by atoms with van der Waals surface area (Å²) in [5, 5.41) is 0. The van der Waals surface area contributed by atoms with Gasteiger partial charge >= 0.3 is 0 Å². The second kappa shape index (κ2) is 11.0.